The Labute approximate surface area is 138 Å². The van der Waals surface area contributed by atoms with Crippen molar-refractivity contribution in [3.05, 3.63) is 47.0 Å². The molecular weight excluding hydrogens is 312 g/mol. The predicted molar refractivity (Wildman–Crippen MR) is 84.0 cm³/mol. The van der Waals surface area contributed by atoms with E-state index in [1.165, 1.54) is 7.11 Å². The summed E-state index contributed by atoms with van der Waals surface area (Å²) in [6.45, 7) is 1.66. The number of phenolic OH excluding ortho intramolecular Hbond substituents is 1. The third-order valence-corrected chi connectivity index (χ3v) is 4.69. The molecule has 6 nitrogen and oxygen atoms in total. The molecule has 0 aliphatic carbocycles. The van der Waals surface area contributed by atoms with E-state index in [1.807, 2.05) is 0 Å². The maximum Gasteiger partial charge on any atom is 0.210 e. The van der Waals surface area contributed by atoms with E-state index in [0.717, 1.165) is 0 Å². The zero-order valence-corrected chi connectivity index (χ0v) is 13.2. The lowest BCUT2D eigenvalue weighted by molar-refractivity contribution is -0.0801. The molecule has 2 aliphatic heterocycles. The summed E-state index contributed by atoms with van der Waals surface area (Å²) in [7, 11) is 1.47. The van der Waals surface area contributed by atoms with Gasteiger partial charge in [-0.25, -0.2) is 0 Å². The van der Waals surface area contributed by atoms with Crippen LogP contribution in [0.25, 0.3) is 0 Å². The fraction of sp³-hybridized carbons (Fsp3) is 0.278. The monoisotopic (exact) mass is 328 g/mol. The minimum absolute atomic E-state index is 0.0235. The van der Waals surface area contributed by atoms with Crippen LogP contribution in [-0.2, 0) is 5.60 Å². The van der Waals surface area contributed by atoms with Crippen LogP contribution in [0.4, 0.5) is 0 Å². The topological polar surface area (TPSA) is 85.2 Å². The number of aliphatic hydroxyl groups is 1. The van der Waals surface area contributed by atoms with E-state index in [-0.39, 0.29) is 23.7 Å². The van der Waals surface area contributed by atoms with Crippen molar-refractivity contribution in [1.29, 1.82) is 0 Å². The molecule has 2 heterocycles. The third-order valence-electron chi connectivity index (χ3n) is 4.69. The van der Waals surface area contributed by atoms with E-state index in [4.69, 9.17) is 14.2 Å². The first kappa shape index (κ1) is 14.8. The first-order chi connectivity index (χ1) is 11.5. The third kappa shape index (κ3) is 1.71. The molecular formula is C18H16O6. The van der Waals surface area contributed by atoms with Gasteiger partial charge in [0.25, 0.3) is 0 Å². The lowest BCUT2D eigenvalue weighted by Crippen LogP contribution is -2.57. The maximum atomic E-state index is 13.1. The van der Waals surface area contributed by atoms with Gasteiger partial charge in [-0.15, -0.1) is 0 Å². The molecule has 0 saturated heterocycles. The van der Waals surface area contributed by atoms with E-state index >= 15 is 0 Å². The Kier molecular flexibility index (Phi) is 3.02. The quantitative estimate of drug-likeness (QED) is 0.832. The SMILES string of the molecule is COc1cc2c(c(O)c1C)C(=O)[C@@]1(O)c3ccccc3OCC1O2. The van der Waals surface area contributed by atoms with Gasteiger partial charge in [0.1, 0.15) is 35.2 Å². The molecule has 0 bridgehead atoms. The summed E-state index contributed by atoms with van der Waals surface area (Å²) >= 11 is 0. The molecule has 0 radical (unpaired) electrons. The van der Waals surface area contributed by atoms with E-state index in [1.54, 1.807) is 37.3 Å². The number of hydrogen-bond acceptors (Lipinski definition) is 6. The number of para-hydroxylation sites is 1. The average Bonchev–Trinajstić information content (AvgIpc) is 2.59. The Balaban J connectivity index is 1.96. The van der Waals surface area contributed by atoms with Crippen molar-refractivity contribution in [2.45, 2.75) is 18.6 Å². The molecule has 24 heavy (non-hydrogen) atoms. The molecule has 0 amide bonds. The Morgan fingerprint density at radius 2 is 2.04 bits per heavy atom. The van der Waals surface area contributed by atoms with Crippen molar-refractivity contribution >= 4 is 5.78 Å². The van der Waals surface area contributed by atoms with Gasteiger partial charge in [0.15, 0.2) is 11.7 Å². The molecule has 2 aromatic rings. The largest absolute Gasteiger partial charge is 0.507 e. The van der Waals surface area contributed by atoms with Crippen LogP contribution in [0.2, 0.25) is 0 Å². The van der Waals surface area contributed by atoms with Crippen LogP contribution in [0, 0.1) is 6.92 Å². The van der Waals surface area contributed by atoms with Crippen molar-refractivity contribution in [2.24, 2.45) is 0 Å². The minimum atomic E-state index is -1.90. The van der Waals surface area contributed by atoms with Gasteiger partial charge in [-0.05, 0) is 13.0 Å². The molecule has 0 aromatic heterocycles. The van der Waals surface area contributed by atoms with Gasteiger partial charge in [0.2, 0.25) is 5.78 Å². The normalized spacial score (nSPS) is 24.1. The fourth-order valence-electron chi connectivity index (χ4n) is 3.34. The fourth-order valence-corrected chi connectivity index (χ4v) is 3.34. The van der Waals surface area contributed by atoms with Crippen molar-refractivity contribution < 1.29 is 29.2 Å². The Morgan fingerprint density at radius 3 is 2.79 bits per heavy atom. The van der Waals surface area contributed by atoms with Crippen molar-refractivity contribution in [3.63, 3.8) is 0 Å². The molecule has 6 heteroatoms. The van der Waals surface area contributed by atoms with Crippen LogP contribution < -0.4 is 14.2 Å². The number of rotatable bonds is 1. The number of phenols is 1. The molecule has 2 N–H and O–H groups in total. The number of carbonyl (C=O) groups excluding carboxylic acids is 1. The summed E-state index contributed by atoms with van der Waals surface area (Å²) < 4.78 is 16.6. The molecule has 1 unspecified atom stereocenters. The summed E-state index contributed by atoms with van der Waals surface area (Å²) in [6, 6.07) is 8.33. The molecule has 0 spiro atoms. The van der Waals surface area contributed by atoms with E-state index in [0.29, 0.717) is 22.6 Å². The number of fused-ring (bicyclic) bond motifs is 4. The zero-order chi connectivity index (χ0) is 17.1. The number of Topliss-reactive ketones (excluding diaryl/α,β-unsaturated/α-hetero) is 1. The standard InChI is InChI=1S/C18H16O6/c1-9-12(22-2)7-13-15(16(9)19)17(20)18(21)10-5-3-4-6-11(10)23-8-14(18)24-13/h3-7,14,19,21H,8H2,1-2H3/t14?,18-/m1/s1. The summed E-state index contributed by atoms with van der Waals surface area (Å²) in [5.74, 6) is 0.165. The van der Waals surface area contributed by atoms with Gasteiger partial charge in [-0.1, -0.05) is 18.2 Å². The van der Waals surface area contributed by atoms with Crippen LogP contribution in [0.5, 0.6) is 23.0 Å². The second kappa shape index (κ2) is 4.88. The molecule has 4 rings (SSSR count). The summed E-state index contributed by atoms with van der Waals surface area (Å²) in [5.41, 5.74) is -1.19. The highest BCUT2D eigenvalue weighted by atomic mass is 16.6. The zero-order valence-electron chi connectivity index (χ0n) is 13.2. The minimum Gasteiger partial charge on any atom is -0.507 e. The van der Waals surface area contributed by atoms with Crippen LogP contribution in [0.1, 0.15) is 21.5 Å². The van der Waals surface area contributed by atoms with Gasteiger partial charge in [-0.2, -0.15) is 0 Å². The molecule has 0 saturated carbocycles. The van der Waals surface area contributed by atoms with E-state index in [9.17, 15) is 15.0 Å². The van der Waals surface area contributed by atoms with Crippen molar-refractivity contribution in [3.8, 4) is 23.0 Å². The van der Waals surface area contributed by atoms with Crippen LogP contribution >= 0.6 is 0 Å². The van der Waals surface area contributed by atoms with Gasteiger partial charge in [0.05, 0.1) is 7.11 Å². The first-order valence-electron chi connectivity index (χ1n) is 7.55. The maximum absolute atomic E-state index is 13.1. The summed E-state index contributed by atoms with van der Waals surface area (Å²) in [6.07, 6.45) is -0.904. The number of methoxy groups -OCH3 is 1. The first-order valence-corrected chi connectivity index (χ1v) is 7.55. The van der Waals surface area contributed by atoms with Gasteiger partial charge < -0.3 is 24.4 Å². The number of ketones is 1. The van der Waals surface area contributed by atoms with Crippen LogP contribution in [-0.4, -0.2) is 35.8 Å². The van der Waals surface area contributed by atoms with Gasteiger partial charge >= 0.3 is 0 Å². The Hall–Kier alpha value is -2.73. The highest BCUT2D eigenvalue weighted by Crippen LogP contribution is 2.49. The lowest BCUT2D eigenvalue weighted by Gasteiger charge is -2.43. The summed E-state index contributed by atoms with van der Waals surface area (Å²) in [4.78, 5) is 13.1. The number of ether oxygens (including phenoxy) is 3. The second-order valence-electron chi connectivity index (χ2n) is 5.93. The highest BCUT2D eigenvalue weighted by molar-refractivity contribution is 6.09. The second-order valence-corrected chi connectivity index (χ2v) is 5.93. The average molecular weight is 328 g/mol. The summed E-state index contributed by atoms with van der Waals surface area (Å²) in [5, 5.41) is 21.7. The van der Waals surface area contributed by atoms with Crippen molar-refractivity contribution in [1.82, 2.24) is 0 Å². The molecule has 2 aliphatic rings. The number of benzene rings is 2. The van der Waals surface area contributed by atoms with Gasteiger partial charge in [0, 0.05) is 17.2 Å². The highest BCUT2D eigenvalue weighted by Gasteiger charge is 2.56. The number of hydrogen-bond donors (Lipinski definition) is 2. The Morgan fingerprint density at radius 1 is 1.29 bits per heavy atom. The predicted octanol–water partition coefficient (Wildman–Crippen LogP) is 1.93. The van der Waals surface area contributed by atoms with E-state index < -0.39 is 17.5 Å². The van der Waals surface area contributed by atoms with E-state index in [2.05, 4.69) is 0 Å². The lowest BCUT2D eigenvalue weighted by atomic mass is 9.77. The van der Waals surface area contributed by atoms with Crippen LogP contribution in [0.3, 0.4) is 0 Å². The molecule has 124 valence electrons. The molecule has 0 fully saturated rings. The molecule has 2 atom stereocenters. The number of carbonyl (C=O) groups is 1. The molecule has 2 aromatic carbocycles. The van der Waals surface area contributed by atoms with Crippen molar-refractivity contribution in [2.75, 3.05) is 13.7 Å². The smallest absolute Gasteiger partial charge is 0.210 e. The number of aromatic hydroxyl groups is 1. The Bertz CT molecular complexity index is 859. The van der Waals surface area contributed by atoms with Crippen LogP contribution in [0.15, 0.2) is 30.3 Å². The van der Waals surface area contributed by atoms with Gasteiger partial charge in [-0.3, -0.25) is 4.79 Å².